The fourth-order valence-corrected chi connectivity index (χ4v) is 7.50. The molecule has 45 heavy (non-hydrogen) atoms. The van der Waals surface area contributed by atoms with Crippen LogP contribution in [0, 0.1) is 0 Å². The summed E-state index contributed by atoms with van der Waals surface area (Å²) in [4.78, 5) is 7.22. The minimum atomic E-state index is 0.631. The molecule has 0 N–H and O–H groups in total. The predicted octanol–water partition coefficient (Wildman–Crippen LogP) is 12.2. The maximum atomic E-state index is 6.45. The largest absolute Gasteiger partial charge is 0.435 e. The Bertz CT molecular complexity index is 2500. The lowest BCUT2D eigenvalue weighted by molar-refractivity contribution is 0.623. The van der Waals surface area contributed by atoms with Crippen molar-refractivity contribution in [2.45, 2.75) is 0 Å². The van der Waals surface area contributed by atoms with Gasteiger partial charge in [0.2, 0.25) is 5.89 Å². The van der Waals surface area contributed by atoms with Crippen LogP contribution in [0.3, 0.4) is 0 Å². The molecule has 0 radical (unpaired) electrons. The van der Waals surface area contributed by atoms with Crippen LogP contribution in [0.2, 0.25) is 0 Å². The van der Waals surface area contributed by atoms with Gasteiger partial charge >= 0.3 is 0 Å². The Morgan fingerprint density at radius 1 is 0.467 bits per heavy atom. The summed E-state index contributed by atoms with van der Waals surface area (Å²) < 4.78 is 9.02. The summed E-state index contributed by atoms with van der Waals surface area (Å²) in [6, 6.07) is 55.7. The van der Waals surface area contributed by atoms with Crippen molar-refractivity contribution in [3.05, 3.63) is 158 Å². The van der Waals surface area contributed by atoms with Gasteiger partial charge in [0, 0.05) is 47.9 Å². The Kier molecular flexibility index (Phi) is 6.00. The number of nitrogens with zero attached hydrogens (tertiary/aromatic N) is 2. The molecule has 0 unspecified atom stereocenters. The first kappa shape index (κ1) is 25.8. The first-order valence-electron chi connectivity index (χ1n) is 15.0. The van der Waals surface area contributed by atoms with Gasteiger partial charge in [0.25, 0.3) is 0 Å². The van der Waals surface area contributed by atoms with Crippen molar-refractivity contribution >= 4 is 70.4 Å². The van der Waals surface area contributed by atoms with E-state index in [1.165, 1.54) is 31.3 Å². The molecule has 3 nitrogen and oxygen atoms in total. The summed E-state index contributed by atoms with van der Waals surface area (Å²) in [5.74, 6) is 0.631. The van der Waals surface area contributed by atoms with Crippen LogP contribution in [0.1, 0.15) is 0 Å². The smallest absolute Gasteiger partial charge is 0.227 e. The summed E-state index contributed by atoms with van der Waals surface area (Å²) in [7, 11) is 0. The van der Waals surface area contributed by atoms with Crippen LogP contribution in [0.4, 0.5) is 17.1 Å². The summed E-state index contributed by atoms with van der Waals surface area (Å²) in [5.41, 5.74) is 8.25. The van der Waals surface area contributed by atoms with Crippen LogP contribution >= 0.6 is 11.3 Å². The van der Waals surface area contributed by atoms with Gasteiger partial charge in [-0.15, -0.1) is 11.3 Å². The molecule has 0 spiro atoms. The van der Waals surface area contributed by atoms with Crippen molar-refractivity contribution < 1.29 is 4.42 Å². The zero-order chi connectivity index (χ0) is 29.7. The molecule has 212 valence electrons. The van der Waals surface area contributed by atoms with Crippen LogP contribution in [0.25, 0.3) is 64.6 Å². The number of benzene rings is 7. The highest BCUT2D eigenvalue weighted by Crippen LogP contribution is 2.44. The molecule has 0 atom stereocenters. The second-order valence-electron chi connectivity index (χ2n) is 11.2. The van der Waals surface area contributed by atoms with E-state index < -0.39 is 0 Å². The van der Waals surface area contributed by atoms with E-state index in [4.69, 9.17) is 9.40 Å². The van der Waals surface area contributed by atoms with Crippen LogP contribution in [0.15, 0.2) is 162 Å². The van der Waals surface area contributed by atoms with Crippen molar-refractivity contribution in [1.82, 2.24) is 4.98 Å². The Morgan fingerprint density at radius 2 is 1.13 bits per heavy atom. The van der Waals surface area contributed by atoms with E-state index in [-0.39, 0.29) is 0 Å². The number of fused-ring (bicyclic) bond motifs is 6. The highest BCUT2D eigenvalue weighted by atomic mass is 32.1. The van der Waals surface area contributed by atoms with Gasteiger partial charge < -0.3 is 9.32 Å². The minimum Gasteiger partial charge on any atom is -0.435 e. The van der Waals surface area contributed by atoms with Gasteiger partial charge in [-0.3, -0.25) is 0 Å². The lowest BCUT2D eigenvalue weighted by Gasteiger charge is -2.27. The zero-order valence-corrected chi connectivity index (χ0v) is 25.0. The van der Waals surface area contributed by atoms with Gasteiger partial charge in [-0.1, -0.05) is 97.1 Å². The first-order chi connectivity index (χ1) is 22.3. The molecule has 0 saturated heterocycles. The number of oxazole rings is 1. The molecular formula is C41H26N2OS. The Morgan fingerprint density at radius 3 is 2.00 bits per heavy atom. The van der Waals surface area contributed by atoms with E-state index in [0.29, 0.717) is 5.89 Å². The molecule has 0 aliphatic heterocycles. The number of rotatable bonds is 5. The quantitative estimate of drug-likeness (QED) is 0.198. The number of anilines is 3. The third-order valence-corrected chi connectivity index (χ3v) is 9.62. The highest BCUT2D eigenvalue weighted by Gasteiger charge is 2.20. The molecule has 9 aromatic rings. The molecule has 7 aromatic carbocycles. The van der Waals surface area contributed by atoms with E-state index >= 15 is 0 Å². The Balaban J connectivity index is 1.27. The molecule has 0 amide bonds. The SMILES string of the molecule is c1ccc(-c2cccc(N(c3ccc4c(c3)sc3ccccc34)c3cccc4c3ccc3nc(-c5ccccc5)oc34)c2)cc1. The lowest BCUT2D eigenvalue weighted by Crippen LogP contribution is -2.10. The number of aromatic nitrogens is 1. The molecular weight excluding hydrogens is 569 g/mol. The van der Waals surface area contributed by atoms with Crippen molar-refractivity contribution in [3.8, 4) is 22.6 Å². The van der Waals surface area contributed by atoms with Gasteiger partial charge in [0.05, 0.1) is 5.69 Å². The zero-order valence-electron chi connectivity index (χ0n) is 24.2. The van der Waals surface area contributed by atoms with Gasteiger partial charge in [-0.25, -0.2) is 4.98 Å². The van der Waals surface area contributed by atoms with E-state index in [9.17, 15) is 0 Å². The highest BCUT2D eigenvalue weighted by molar-refractivity contribution is 7.25. The monoisotopic (exact) mass is 594 g/mol. The van der Waals surface area contributed by atoms with Crippen molar-refractivity contribution in [1.29, 1.82) is 0 Å². The van der Waals surface area contributed by atoms with E-state index in [0.717, 1.165) is 44.5 Å². The summed E-state index contributed by atoms with van der Waals surface area (Å²) in [6.45, 7) is 0. The van der Waals surface area contributed by atoms with Crippen molar-refractivity contribution in [3.63, 3.8) is 0 Å². The summed E-state index contributed by atoms with van der Waals surface area (Å²) in [6.07, 6.45) is 0. The Hall–Kier alpha value is -5.71. The van der Waals surface area contributed by atoms with Crippen LogP contribution in [-0.4, -0.2) is 4.98 Å². The molecule has 9 rings (SSSR count). The average molecular weight is 595 g/mol. The fourth-order valence-electron chi connectivity index (χ4n) is 6.36. The summed E-state index contributed by atoms with van der Waals surface area (Å²) in [5, 5.41) is 4.72. The normalized spacial score (nSPS) is 11.6. The Labute approximate surface area is 264 Å². The van der Waals surface area contributed by atoms with Gasteiger partial charge in [0.15, 0.2) is 5.58 Å². The van der Waals surface area contributed by atoms with Gasteiger partial charge in [-0.2, -0.15) is 0 Å². The maximum Gasteiger partial charge on any atom is 0.227 e. The summed E-state index contributed by atoms with van der Waals surface area (Å²) >= 11 is 1.84. The van der Waals surface area contributed by atoms with E-state index in [2.05, 4.69) is 132 Å². The molecule has 0 fully saturated rings. The van der Waals surface area contributed by atoms with Crippen molar-refractivity contribution in [2.24, 2.45) is 0 Å². The number of thiophene rings is 1. The maximum absolute atomic E-state index is 6.45. The second kappa shape index (κ2) is 10.5. The van der Waals surface area contributed by atoms with E-state index in [1.54, 1.807) is 0 Å². The predicted molar refractivity (Wildman–Crippen MR) is 190 cm³/mol. The molecule has 0 saturated carbocycles. The van der Waals surface area contributed by atoms with Crippen LogP contribution in [-0.2, 0) is 0 Å². The topological polar surface area (TPSA) is 29.3 Å². The van der Waals surface area contributed by atoms with Gasteiger partial charge in [-0.05, 0) is 71.8 Å². The molecule has 2 heterocycles. The van der Waals surface area contributed by atoms with Gasteiger partial charge in [0.1, 0.15) is 5.52 Å². The molecule has 4 heteroatoms. The number of hydrogen-bond acceptors (Lipinski definition) is 4. The van der Waals surface area contributed by atoms with E-state index in [1.807, 2.05) is 41.7 Å². The molecule has 2 aromatic heterocycles. The third-order valence-electron chi connectivity index (χ3n) is 8.48. The van der Waals surface area contributed by atoms with Crippen LogP contribution < -0.4 is 4.90 Å². The minimum absolute atomic E-state index is 0.631. The first-order valence-corrected chi connectivity index (χ1v) is 15.9. The fraction of sp³-hybridized carbons (Fsp3) is 0. The number of hydrogen-bond donors (Lipinski definition) is 0. The van der Waals surface area contributed by atoms with Crippen LogP contribution in [0.5, 0.6) is 0 Å². The molecule has 0 aliphatic rings. The standard InChI is InChI=1S/C41H26N2OS/c1-3-11-27(12-4-1)29-15-9-16-30(25-29)43(31-21-22-34-33-17-7-8-20-38(33)45-39(34)26-31)37-19-10-18-35-32(37)23-24-36-40(35)44-41(42-36)28-13-5-2-6-14-28/h1-26H. The molecule has 0 aliphatic carbocycles. The average Bonchev–Trinajstić information content (AvgIpc) is 3.71. The second-order valence-corrected chi connectivity index (χ2v) is 12.3. The third kappa shape index (κ3) is 4.38. The van der Waals surface area contributed by atoms with Crippen molar-refractivity contribution in [2.75, 3.05) is 4.90 Å². The molecule has 0 bridgehead atoms. The lowest BCUT2D eigenvalue weighted by atomic mass is 10.0.